The Morgan fingerprint density at radius 3 is 2.63 bits per heavy atom. The highest BCUT2D eigenvalue weighted by atomic mass is 32.2. The molecule has 0 amide bonds. The molecule has 30 heavy (non-hydrogen) atoms. The third kappa shape index (κ3) is 4.00. The highest BCUT2D eigenvalue weighted by molar-refractivity contribution is 7.99. The number of carbonyl (C=O) groups excluding carboxylic acids is 1. The molecule has 0 N–H and O–H groups in total. The minimum absolute atomic E-state index is 0.000548. The first-order valence-corrected chi connectivity index (χ1v) is 12.4. The predicted molar refractivity (Wildman–Crippen MR) is 126 cm³/mol. The minimum atomic E-state index is -0.412. The van der Waals surface area contributed by atoms with Crippen molar-refractivity contribution in [3.63, 3.8) is 0 Å². The van der Waals surface area contributed by atoms with Crippen molar-refractivity contribution >= 4 is 39.1 Å². The van der Waals surface area contributed by atoms with Gasteiger partial charge in [0.05, 0.1) is 16.8 Å². The summed E-state index contributed by atoms with van der Waals surface area (Å²) >= 11 is 3.04. The summed E-state index contributed by atoms with van der Waals surface area (Å²) in [6.07, 6.45) is 5.50. The normalized spacial score (nSPS) is 14.5. The van der Waals surface area contributed by atoms with Crippen LogP contribution in [0.15, 0.2) is 34.2 Å². The number of rotatable bonds is 4. The highest BCUT2D eigenvalue weighted by Crippen LogP contribution is 2.35. The molecule has 3 aromatic rings. The second kappa shape index (κ2) is 8.31. The third-order valence-corrected chi connectivity index (χ3v) is 7.86. The molecule has 4 rings (SSSR count). The van der Waals surface area contributed by atoms with Gasteiger partial charge in [-0.3, -0.25) is 14.2 Å². The molecule has 2 aromatic heterocycles. The van der Waals surface area contributed by atoms with E-state index in [1.807, 2.05) is 52.0 Å². The fourth-order valence-corrected chi connectivity index (χ4v) is 6.30. The van der Waals surface area contributed by atoms with E-state index in [0.29, 0.717) is 10.9 Å². The zero-order valence-corrected chi connectivity index (χ0v) is 19.7. The molecule has 1 aliphatic rings. The fraction of sp³-hybridized carbons (Fsp3) is 0.458. The maximum Gasteiger partial charge on any atom is 0.267 e. The van der Waals surface area contributed by atoms with Gasteiger partial charge in [-0.15, -0.1) is 11.3 Å². The summed E-state index contributed by atoms with van der Waals surface area (Å²) < 4.78 is 1.73. The minimum Gasteiger partial charge on any atom is -0.298 e. The molecule has 1 aliphatic carbocycles. The molecule has 0 fully saturated rings. The van der Waals surface area contributed by atoms with Gasteiger partial charge in [0, 0.05) is 10.3 Å². The summed E-state index contributed by atoms with van der Waals surface area (Å²) in [6.45, 7) is 7.79. The van der Waals surface area contributed by atoms with Crippen molar-refractivity contribution in [3.05, 3.63) is 50.6 Å². The average molecular weight is 441 g/mol. The lowest BCUT2D eigenvalue weighted by Crippen LogP contribution is -2.25. The van der Waals surface area contributed by atoms with Crippen molar-refractivity contribution in [2.45, 2.75) is 65.0 Å². The van der Waals surface area contributed by atoms with E-state index in [1.54, 1.807) is 15.9 Å². The van der Waals surface area contributed by atoms with Crippen LogP contribution in [0.2, 0.25) is 0 Å². The van der Waals surface area contributed by atoms with Crippen LogP contribution in [0.4, 0.5) is 0 Å². The average Bonchev–Trinajstić information content (AvgIpc) is 2.87. The Bertz CT molecular complexity index is 1170. The summed E-state index contributed by atoms with van der Waals surface area (Å²) in [5.74, 6) is 0.457. The van der Waals surface area contributed by atoms with Crippen LogP contribution in [0.25, 0.3) is 15.9 Å². The van der Waals surface area contributed by atoms with Crippen LogP contribution in [0, 0.1) is 12.3 Å². The maximum absolute atomic E-state index is 13.8. The molecule has 0 radical (unpaired) electrons. The lowest BCUT2D eigenvalue weighted by Gasteiger charge is -2.18. The quantitative estimate of drug-likeness (QED) is 0.295. The number of hydrogen-bond acceptors (Lipinski definition) is 5. The van der Waals surface area contributed by atoms with E-state index in [-0.39, 0.29) is 11.3 Å². The number of carbonyl (C=O) groups is 1. The van der Waals surface area contributed by atoms with Crippen molar-refractivity contribution in [1.29, 1.82) is 0 Å². The predicted octanol–water partition coefficient (Wildman–Crippen LogP) is 5.73. The largest absolute Gasteiger partial charge is 0.298 e. The maximum atomic E-state index is 13.8. The van der Waals surface area contributed by atoms with E-state index < -0.39 is 5.41 Å². The molecule has 0 aliphatic heterocycles. The Hall–Kier alpha value is -1.92. The molecule has 0 saturated heterocycles. The number of thiophene rings is 1. The van der Waals surface area contributed by atoms with Crippen molar-refractivity contribution in [1.82, 2.24) is 9.55 Å². The van der Waals surface area contributed by atoms with Gasteiger partial charge < -0.3 is 0 Å². The number of hydrogen-bond donors (Lipinski definition) is 0. The SMILES string of the molecule is Cc1ccccc1-n1c(SCC(=O)C(C)(C)C)nc2sc3c(c2c1=O)CCCCC3. The molecule has 2 heterocycles. The van der Waals surface area contributed by atoms with E-state index in [1.165, 1.54) is 35.0 Å². The molecule has 0 bridgehead atoms. The topological polar surface area (TPSA) is 52.0 Å². The number of para-hydroxylation sites is 1. The standard InChI is InChI=1S/C24H28N2O2S2/c1-15-10-8-9-12-17(15)26-22(28)20-16-11-6-5-7-13-18(16)30-21(20)25-23(26)29-14-19(27)24(2,3)4/h8-10,12H,5-7,11,13-14H2,1-4H3. The number of aryl methyl sites for hydroxylation is 3. The third-order valence-electron chi connectivity index (χ3n) is 5.73. The summed E-state index contributed by atoms with van der Waals surface area (Å²) in [6, 6.07) is 7.89. The van der Waals surface area contributed by atoms with Crippen molar-refractivity contribution in [3.8, 4) is 5.69 Å². The molecule has 0 spiro atoms. The first-order valence-electron chi connectivity index (χ1n) is 10.6. The van der Waals surface area contributed by atoms with Crippen LogP contribution in [-0.4, -0.2) is 21.1 Å². The van der Waals surface area contributed by atoms with Crippen LogP contribution in [0.5, 0.6) is 0 Å². The Balaban J connectivity index is 1.91. The van der Waals surface area contributed by atoms with E-state index in [9.17, 15) is 9.59 Å². The van der Waals surface area contributed by atoms with Gasteiger partial charge in [0.1, 0.15) is 10.6 Å². The Labute approximate surface area is 185 Å². The molecule has 0 atom stereocenters. The van der Waals surface area contributed by atoms with Gasteiger partial charge in [-0.2, -0.15) is 0 Å². The molecule has 0 saturated carbocycles. The highest BCUT2D eigenvalue weighted by Gasteiger charge is 2.25. The zero-order chi connectivity index (χ0) is 21.5. The summed E-state index contributed by atoms with van der Waals surface area (Å²) in [5, 5.41) is 1.39. The van der Waals surface area contributed by atoms with Gasteiger partial charge >= 0.3 is 0 Å². The summed E-state index contributed by atoms with van der Waals surface area (Å²) in [7, 11) is 0. The summed E-state index contributed by atoms with van der Waals surface area (Å²) in [4.78, 5) is 33.5. The number of aromatic nitrogens is 2. The second-order valence-corrected chi connectivity index (χ2v) is 11.1. The summed E-state index contributed by atoms with van der Waals surface area (Å²) in [5.41, 5.74) is 2.65. The molecule has 1 aromatic carbocycles. The van der Waals surface area contributed by atoms with E-state index in [4.69, 9.17) is 4.98 Å². The van der Waals surface area contributed by atoms with Gasteiger partial charge in [-0.05, 0) is 49.8 Å². The van der Waals surface area contributed by atoms with Crippen molar-refractivity contribution in [2.24, 2.45) is 5.41 Å². The first-order chi connectivity index (χ1) is 14.3. The number of Topliss-reactive ketones (excluding diaryl/α,β-unsaturated/α-hetero) is 1. The van der Waals surface area contributed by atoms with Crippen LogP contribution in [0.3, 0.4) is 0 Å². The van der Waals surface area contributed by atoms with Gasteiger partial charge in [0.2, 0.25) is 0 Å². The molecule has 158 valence electrons. The van der Waals surface area contributed by atoms with E-state index >= 15 is 0 Å². The molecule has 4 nitrogen and oxygen atoms in total. The van der Waals surface area contributed by atoms with Gasteiger partial charge in [-0.1, -0.05) is 57.2 Å². The van der Waals surface area contributed by atoms with E-state index in [2.05, 4.69) is 0 Å². The number of ketones is 1. The first kappa shape index (κ1) is 21.3. The second-order valence-electron chi connectivity index (χ2n) is 9.03. The molecule has 6 heteroatoms. The molecular weight excluding hydrogens is 412 g/mol. The fourth-order valence-electron chi connectivity index (χ4n) is 3.83. The Morgan fingerprint density at radius 1 is 1.17 bits per heavy atom. The van der Waals surface area contributed by atoms with Crippen LogP contribution in [-0.2, 0) is 17.6 Å². The number of benzene rings is 1. The van der Waals surface area contributed by atoms with Gasteiger partial charge in [-0.25, -0.2) is 4.98 Å². The van der Waals surface area contributed by atoms with E-state index in [0.717, 1.165) is 40.7 Å². The Kier molecular flexibility index (Phi) is 5.90. The number of nitrogens with zero attached hydrogens (tertiary/aromatic N) is 2. The smallest absolute Gasteiger partial charge is 0.267 e. The van der Waals surface area contributed by atoms with Crippen LogP contribution in [0.1, 0.15) is 56.0 Å². The van der Waals surface area contributed by atoms with Crippen molar-refractivity contribution < 1.29 is 4.79 Å². The molecular formula is C24H28N2O2S2. The zero-order valence-electron chi connectivity index (χ0n) is 18.1. The monoisotopic (exact) mass is 440 g/mol. The lowest BCUT2D eigenvalue weighted by molar-refractivity contribution is -0.123. The molecule has 0 unspecified atom stereocenters. The van der Waals surface area contributed by atoms with Crippen LogP contribution >= 0.6 is 23.1 Å². The van der Waals surface area contributed by atoms with Crippen molar-refractivity contribution in [2.75, 3.05) is 5.75 Å². The van der Waals surface area contributed by atoms with Crippen LogP contribution < -0.4 is 5.56 Å². The van der Waals surface area contributed by atoms with Gasteiger partial charge in [0.25, 0.3) is 5.56 Å². The number of thioether (sulfide) groups is 1. The van der Waals surface area contributed by atoms with Gasteiger partial charge in [0.15, 0.2) is 5.16 Å². The number of fused-ring (bicyclic) bond motifs is 3. The Morgan fingerprint density at radius 2 is 1.90 bits per heavy atom. The lowest BCUT2D eigenvalue weighted by atomic mass is 9.92.